The van der Waals surface area contributed by atoms with Gasteiger partial charge in [0, 0.05) is 26.2 Å². The Hall–Kier alpha value is -1.40. The van der Waals surface area contributed by atoms with Gasteiger partial charge in [0.05, 0.1) is 0 Å². The van der Waals surface area contributed by atoms with Gasteiger partial charge in [-0.1, -0.05) is 0 Å². The first-order valence-corrected chi connectivity index (χ1v) is 5.06. The van der Waals surface area contributed by atoms with Gasteiger partial charge in [-0.2, -0.15) is 4.52 Å². The number of piperazine rings is 1. The average Bonchev–Trinajstić information content (AvgIpc) is 2.77. The summed E-state index contributed by atoms with van der Waals surface area (Å²) in [5.74, 6) is 0.990. The van der Waals surface area contributed by atoms with Crippen molar-refractivity contribution in [3.8, 4) is 0 Å². The minimum absolute atomic E-state index is 0. The molecule has 1 aliphatic rings. The number of hydrogen-bond donors (Lipinski definition) is 1. The van der Waals surface area contributed by atoms with Gasteiger partial charge in [-0.25, -0.2) is 0 Å². The fourth-order valence-corrected chi connectivity index (χ4v) is 1.78. The second-order valence-corrected chi connectivity index (χ2v) is 3.56. The van der Waals surface area contributed by atoms with E-state index in [9.17, 15) is 0 Å². The molecule has 2 aromatic heterocycles. The van der Waals surface area contributed by atoms with Gasteiger partial charge in [-0.3, -0.25) is 0 Å². The zero-order chi connectivity index (χ0) is 10.1. The summed E-state index contributed by atoms with van der Waals surface area (Å²) in [5, 5.41) is 15.5. The van der Waals surface area contributed by atoms with Crippen LogP contribution in [0.4, 0.5) is 5.82 Å². The molecule has 0 atom stereocenters. The van der Waals surface area contributed by atoms with Crippen molar-refractivity contribution >= 4 is 23.9 Å². The van der Waals surface area contributed by atoms with E-state index < -0.39 is 0 Å². The van der Waals surface area contributed by atoms with Gasteiger partial charge in [-0.15, -0.1) is 27.7 Å². The lowest BCUT2D eigenvalue weighted by Gasteiger charge is -2.27. The van der Waals surface area contributed by atoms with E-state index in [1.807, 2.05) is 12.1 Å². The third kappa shape index (κ3) is 1.94. The van der Waals surface area contributed by atoms with Crippen molar-refractivity contribution < 1.29 is 0 Å². The highest BCUT2D eigenvalue weighted by Crippen LogP contribution is 2.11. The SMILES string of the molecule is Cl.c1cc2nncn2nc1N1CCNCC1. The summed E-state index contributed by atoms with van der Waals surface area (Å²) < 4.78 is 1.71. The maximum absolute atomic E-state index is 4.45. The van der Waals surface area contributed by atoms with E-state index in [0.717, 1.165) is 37.6 Å². The molecule has 6 nitrogen and oxygen atoms in total. The van der Waals surface area contributed by atoms with Gasteiger partial charge in [0.1, 0.15) is 12.1 Å². The molecule has 1 saturated heterocycles. The largest absolute Gasteiger partial charge is 0.353 e. The monoisotopic (exact) mass is 240 g/mol. The molecule has 0 aliphatic carbocycles. The smallest absolute Gasteiger partial charge is 0.177 e. The van der Waals surface area contributed by atoms with Crippen LogP contribution in [0.25, 0.3) is 5.65 Å². The number of aromatic nitrogens is 4. The van der Waals surface area contributed by atoms with Crippen molar-refractivity contribution in [1.29, 1.82) is 0 Å². The van der Waals surface area contributed by atoms with E-state index in [1.165, 1.54) is 0 Å². The first-order valence-electron chi connectivity index (χ1n) is 5.06. The molecule has 0 amide bonds. The van der Waals surface area contributed by atoms with Crippen LogP contribution in [0.3, 0.4) is 0 Å². The summed E-state index contributed by atoms with van der Waals surface area (Å²) >= 11 is 0. The molecule has 86 valence electrons. The number of rotatable bonds is 1. The Labute approximate surface area is 99.1 Å². The quantitative estimate of drug-likeness (QED) is 0.758. The Morgan fingerprint density at radius 3 is 2.81 bits per heavy atom. The molecule has 0 spiro atoms. The molecule has 1 N–H and O–H groups in total. The van der Waals surface area contributed by atoms with Crippen LogP contribution in [0.1, 0.15) is 0 Å². The van der Waals surface area contributed by atoms with Gasteiger partial charge in [0.25, 0.3) is 0 Å². The van der Waals surface area contributed by atoms with E-state index in [4.69, 9.17) is 0 Å². The predicted octanol–water partition coefficient (Wildman–Crippen LogP) is -0.0443. The molecule has 0 aromatic carbocycles. The molecule has 16 heavy (non-hydrogen) atoms. The third-order valence-corrected chi connectivity index (χ3v) is 2.59. The summed E-state index contributed by atoms with van der Waals surface area (Å²) in [6, 6.07) is 3.94. The van der Waals surface area contributed by atoms with E-state index in [1.54, 1.807) is 10.8 Å². The van der Waals surface area contributed by atoms with Crippen molar-refractivity contribution in [3.05, 3.63) is 18.5 Å². The fourth-order valence-electron chi connectivity index (χ4n) is 1.78. The maximum Gasteiger partial charge on any atom is 0.177 e. The Morgan fingerprint density at radius 1 is 1.19 bits per heavy atom. The molecule has 1 aliphatic heterocycles. The number of nitrogens with zero attached hydrogens (tertiary/aromatic N) is 5. The standard InChI is InChI=1S/C9H12N6.ClH/c1-2-9(14-5-3-10-4-6-14)13-15-7-11-12-8(1)15;/h1-2,7,10H,3-6H2;1H. The normalized spacial score (nSPS) is 16.1. The molecule has 0 saturated carbocycles. The van der Waals surface area contributed by atoms with Crippen LogP contribution in [-0.4, -0.2) is 46.0 Å². The molecule has 0 bridgehead atoms. The van der Waals surface area contributed by atoms with Gasteiger partial charge in [0.2, 0.25) is 0 Å². The average molecular weight is 241 g/mol. The lowest BCUT2D eigenvalue weighted by molar-refractivity contribution is 0.581. The molecular formula is C9H13ClN6. The third-order valence-electron chi connectivity index (χ3n) is 2.59. The fraction of sp³-hybridized carbons (Fsp3) is 0.444. The highest BCUT2D eigenvalue weighted by molar-refractivity contribution is 5.85. The van der Waals surface area contributed by atoms with Gasteiger partial charge < -0.3 is 10.2 Å². The zero-order valence-electron chi connectivity index (χ0n) is 8.70. The number of nitrogens with one attached hydrogen (secondary N) is 1. The number of fused-ring (bicyclic) bond motifs is 1. The van der Waals surface area contributed by atoms with Crippen molar-refractivity contribution in [1.82, 2.24) is 25.1 Å². The first-order chi connectivity index (χ1) is 7.43. The highest BCUT2D eigenvalue weighted by Gasteiger charge is 2.12. The Kier molecular flexibility index (Phi) is 3.21. The van der Waals surface area contributed by atoms with Crippen LogP contribution in [0.15, 0.2) is 18.5 Å². The number of hydrogen-bond acceptors (Lipinski definition) is 5. The van der Waals surface area contributed by atoms with Gasteiger partial charge >= 0.3 is 0 Å². The van der Waals surface area contributed by atoms with Crippen LogP contribution >= 0.6 is 12.4 Å². The van der Waals surface area contributed by atoms with Crippen molar-refractivity contribution in [2.45, 2.75) is 0 Å². The Balaban J connectivity index is 0.000000963. The summed E-state index contributed by atoms with van der Waals surface area (Å²) in [5.41, 5.74) is 0.786. The van der Waals surface area contributed by atoms with Crippen LogP contribution < -0.4 is 10.2 Å². The van der Waals surface area contributed by atoms with E-state index in [-0.39, 0.29) is 12.4 Å². The van der Waals surface area contributed by atoms with Crippen LogP contribution in [0.2, 0.25) is 0 Å². The number of halogens is 1. The maximum atomic E-state index is 4.45. The molecule has 3 rings (SSSR count). The molecule has 3 heterocycles. The lowest BCUT2D eigenvalue weighted by atomic mass is 10.3. The van der Waals surface area contributed by atoms with Gasteiger partial charge in [0.15, 0.2) is 5.65 Å². The molecule has 0 unspecified atom stereocenters. The molecule has 2 aromatic rings. The predicted molar refractivity (Wildman–Crippen MR) is 63.1 cm³/mol. The zero-order valence-corrected chi connectivity index (χ0v) is 9.52. The van der Waals surface area contributed by atoms with Crippen LogP contribution in [0, 0.1) is 0 Å². The van der Waals surface area contributed by atoms with Crippen LogP contribution in [-0.2, 0) is 0 Å². The Morgan fingerprint density at radius 2 is 2.00 bits per heavy atom. The van der Waals surface area contributed by atoms with Crippen molar-refractivity contribution in [2.24, 2.45) is 0 Å². The molecular weight excluding hydrogens is 228 g/mol. The molecule has 0 radical (unpaired) electrons. The Bertz CT molecular complexity index is 464. The molecule has 7 heteroatoms. The second-order valence-electron chi connectivity index (χ2n) is 3.56. The van der Waals surface area contributed by atoms with Gasteiger partial charge in [-0.05, 0) is 12.1 Å². The topological polar surface area (TPSA) is 58.4 Å². The second kappa shape index (κ2) is 4.63. The van der Waals surface area contributed by atoms with E-state index >= 15 is 0 Å². The van der Waals surface area contributed by atoms with E-state index in [2.05, 4.69) is 25.5 Å². The van der Waals surface area contributed by atoms with E-state index in [0.29, 0.717) is 0 Å². The van der Waals surface area contributed by atoms with Crippen LogP contribution in [0.5, 0.6) is 0 Å². The number of anilines is 1. The summed E-state index contributed by atoms with van der Waals surface area (Å²) in [4.78, 5) is 2.26. The highest BCUT2D eigenvalue weighted by atomic mass is 35.5. The first kappa shape index (κ1) is 11.1. The van der Waals surface area contributed by atoms with Crippen molar-refractivity contribution in [3.63, 3.8) is 0 Å². The molecule has 1 fully saturated rings. The lowest BCUT2D eigenvalue weighted by Crippen LogP contribution is -2.44. The summed E-state index contributed by atoms with van der Waals surface area (Å²) in [6.07, 6.45) is 1.63. The minimum Gasteiger partial charge on any atom is -0.353 e. The summed E-state index contributed by atoms with van der Waals surface area (Å²) in [6.45, 7) is 4.03. The summed E-state index contributed by atoms with van der Waals surface area (Å²) in [7, 11) is 0. The van der Waals surface area contributed by atoms with Crippen molar-refractivity contribution in [2.75, 3.05) is 31.1 Å². The minimum atomic E-state index is 0.